The highest BCUT2D eigenvalue weighted by atomic mass is 19.3. The molecule has 2 heterocycles. The molecule has 2 rings (SSSR count). The van der Waals surface area contributed by atoms with Gasteiger partial charge in [-0.05, 0) is 44.7 Å². The van der Waals surface area contributed by atoms with E-state index < -0.39 is 5.92 Å². The van der Waals surface area contributed by atoms with Gasteiger partial charge in [0.2, 0.25) is 0 Å². The van der Waals surface area contributed by atoms with Crippen molar-refractivity contribution in [1.82, 2.24) is 9.80 Å². The van der Waals surface area contributed by atoms with E-state index in [9.17, 15) is 8.78 Å². The molecule has 0 bridgehead atoms. The molecule has 0 saturated carbocycles. The molecular formula is C17H32F2N2. The van der Waals surface area contributed by atoms with Crippen LogP contribution in [0.3, 0.4) is 0 Å². The van der Waals surface area contributed by atoms with Crippen molar-refractivity contribution in [2.75, 3.05) is 32.7 Å². The maximum absolute atomic E-state index is 12.8. The summed E-state index contributed by atoms with van der Waals surface area (Å²) in [7, 11) is 0. The van der Waals surface area contributed by atoms with Gasteiger partial charge in [0, 0.05) is 12.6 Å². The molecule has 124 valence electrons. The van der Waals surface area contributed by atoms with Gasteiger partial charge in [-0.2, -0.15) is 0 Å². The summed E-state index contributed by atoms with van der Waals surface area (Å²) in [6.45, 7) is 7.79. The molecule has 0 spiro atoms. The molecule has 0 aromatic heterocycles. The Kier molecular flexibility index (Phi) is 6.42. The van der Waals surface area contributed by atoms with Gasteiger partial charge >= 0.3 is 0 Å². The predicted octanol–water partition coefficient (Wildman–Crippen LogP) is 4.01. The minimum absolute atomic E-state index is 0.0158. The fraction of sp³-hybridized carbons (Fsp3) is 1.00. The summed E-state index contributed by atoms with van der Waals surface area (Å²) in [5.41, 5.74) is 0. The van der Waals surface area contributed by atoms with Gasteiger partial charge in [0.05, 0.1) is 13.1 Å². The lowest BCUT2D eigenvalue weighted by atomic mass is 10.0. The standard InChI is InChI=1S/C17H32F2N2/c1-3-5-6-7-16(4-2)21-11-9-15(12-21)8-10-20-13-17(18,19)14-20/h15-16H,3-14H2,1-2H3/t15-,16?/m0/s1. The smallest absolute Gasteiger partial charge is 0.272 e. The van der Waals surface area contributed by atoms with Crippen molar-refractivity contribution in [1.29, 1.82) is 0 Å². The molecule has 2 aliphatic rings. The van der Waals surface area contributed by atoms with Gasteiger partial charge in [-0.25, -0.2) is 8.78 Å². The number of unbranched alkanes of at least 4 members (excludes halogenated alkanes) is 2. The van der Waals surface area contributed by atoms with E-state index in [1.165, 1.54) is 51.6 Å². The summed E-state index contributed by atoms with van der Waals surface area (Å²) in [4.78, 5) is 4.56. The highest BCUT2D eigenvalue weighted by molar-refractivity contribution is 4.88. The first kappa shape index (κ1) is 17.1. The first-order chi connectivity index (χ1) is 10.0. The number of alkyl halides is 2. The molecular weight excluding hydrogens is 270 g/mol. The lowest BCUT2D eigenvalue weighted by Gasteiger charge is -2.39. The normalized spacial score (nSPS) is 27.7. The SMILES string of the molecule is CCCCCC(CC)N1CC[C@H](CCN2CC(F)(F)C2)C1. The quantitative estimate of drug-likeness (QED) is 0.594. The van der Waals surface area contributed by atoms with Gasteiger partial charge in [-0.15, -0.1) is 0 Å². The second-order valence-corrected chi connectivity index (χ2v) is 7.06. The minimum Gasteiger partial charge on any atom is -0.300 e. The van der Waals surface area contributed by atoms with Crippen LogP contribution in [-0.2, 0) is 0 Å². The Morgan fingerprint density at radius 2 is 1.95 bits per heavy atom. The monoisotopic (exact) mass is 302 g/mol. The van der Waals surface area contributed by atoms with Crippen LogP contribution >= 0.6 is 0 Å². The summed E-state index contributed by atoms with van der Waals surface area (Å²) < 4.78 is 25.6. The molecule has 0 radical (unpaired) electrons. The van der Waals surface area contributed by atoms with Crippen molar-refractivity contribution in [3.63, 3.8) is 0 Å². The fourth-order valence-electron chi connectivity index (χ4n) is 3.84. The van der Waals surface area contributed by atoms with Crippen molar-refractivity contribution in [3.8, 4) is 0 Å². The van der Waals surface area contributed by atoms with Gasteiger partial charge in [-0.1, -0.05) is 33.1 Å². The molecule has 2 nitrogen and oxygen atoms in total. The van der Waals surface area contributed by atoms with Crippen molar-refractivity contribution in [3.05, 3.63) is 0 Å². The second-order valence-electron chi connectivity index (χ2n) is 7.06. The lowest BCUT2D eigenvalue weighted by molar-refractivity contribution is -0.131. The van der Waals surface area contributed by atoms with E-state index in [0.717, 1.165) is 24.9 Å². The Morgan fingerprint density at radius 1 is 1.19 bits per heavy atom. The number of likely N-dealkylation sites (tertiary alicyclic amines) is 2. The van der Waals surface area contributed by atoms with Gasteiger partial charge in [0.25, 0.3) is 5.92 Å². The van der Waals surface area contributed by atoms with Crippen LogP contribution in [0.25, 0.3) is 0 Å². The van der Waals surface area contributed by atoms with Crippen molar-refractivity contribution in [2.45, 2.75) is 70.8 Å². The van der Waals surface area contributed by atoms with Gasteiger partial charge in [-0.3, -0.25) is 4.90 Å². The molecule has 2 aliphatic heterocycles. The van der Waals surface area contributed by atoms with Crippen molar-refractivity contribution in [2.24, 2.45) is 5.92 Å². The summed E-state index contributed by atoms with van der Waals surface area (Å²) >= 11 is 0. The van der Waals surface area contributed by atoms with Crippen LogP contribution in [0.1, 0.15) is 58.8 Å². The zero-order valence-corrected chi connectivity index (χ0v) is 13.8. The Labute approximate surface area is 128 Å². The van der Waals surface area contributed by atoms with Crippen molar-refractivity contribution < 1.29 is 8.78 Å². The summed E-state index contributed by atoms with van der Waals surface area (Å²) in [6.07, 6.45) is 8.91. The van der Waals surface area contributed by atoms with Crippen LogP contribution in [-0.4, -0.2) is 54.5 Å². The van der Waals surface area contributed by atoms with Crippen LogP contribution in [0.15, 0.2) is 0 Å². The number of hydrogen-bond acceptors (Lipinski definition) is 2. The van der Waals surface area contributed by atoms with Crippen molar-refractivity contribution >= 4 is 0 Å². The molecule has 0 amide bonds. The zero-order chi connectivity index (χ0) is 15.3. The van der Waals surface area contributed by atoms with E-state index in [0.29, 0.717) is 0 Å². The third-order valence-electron chi connectivity index (χ3n) is 5.21. The first-order valence-electron chi connectivity index (χ1n) is 8.88. The van der Waals surface area contributed by atoms with Crippen LogP contribution in [0.2, 0.25) is 0 Å². The highest BCUT2D eigenvalue weighted by Crippen LogP contribution is 2.29. The molecule has 4 heteroatoms. The number of halogens is 2. The minimum atomic E-state index is -2.41. The second kappa shape index (κ2) is 7.87. The number of nitrogens with zero attached hydrogens (tertiary/aromatic N) is 2. The zero-order valence-electron chi connectivity index (χ0n) is 13.8. The molecule has 0 aliphatic carbocycles. The topological polar surface area (TPSA) is 6.48 Å². The molecule has 2 atom stereocenters. The van der Waals surface area contributed by atoms with Gasteiger partial charge in [0.15, 0.2) is 0 Å². The summed E-state index contributed by atoms with van der Waals surface area (Å²) in [5.74, 6) is -1.69. The Hall–Kier alpha value is -0.220. The van der Waals surface area contributed by atoms with E-state index in [1.54, 1.807) is 0 Å². The third-order valence-corrected chi connectivity index (χ3v) is 5.21. The number of rotatable bonds is 9. The Morgan fingerprint density at radius 3 is 2.57 bits per heavy atom. The maximum atomic E-state index is 12.8. The summed E-state index contributed by atoms with van der Waals surface area (Å²) in [6, 6.07) is 0.745. The van der Waals surface area contributed by atoms with E-state index in [-0.39, 0.29) is 13.1 Å². The largest absolute Gasteiger partial charge is 0.300 e. The van der Waals surface area contributed by atoms with E-state index in [2.05, 4.69) is 18.7 Å². The average molecular weight is 302 g/mol. The van der Waals surface area contributed by atoms with Crippen LogP contribution < -0.4 is 0 Å². The van der Waals surface area contributed by atoms with Crippen LogP contribution in [0.5, 0.6) is 0 Å². The van der Waals surface area contributed by atoms with E-state index >= 15 is 0 Å². The molecule has 2 fully saturated rings. The third kappa shape index (κ3) is 5.17. The Balaban J connectivity index is 1.63. The van der Waals surface area contributed by atoms with Crippen LogP contribution in [0, 0.1) is 5.92 Å². The lowest BCUT2D eigenvalue weighted by Crippen LogP contribution is -2.56. The molecule has 0 N–H and O–H groups in total. The van der Waals surface area contributed by atoms with Gasteiger partial charge in [0.1, 0.15) is 0 Å². The van der Waals surface area contributed by atoms with E-state index in [1.807, 2.05) is 4.90 Å². The first-order valence-corrected chi connectivity index (χ1v) is 8.88. The number of hydrogen-bond donors (Lipinski definition) is 0. The van der Waals surface area contributed by atoms with Gasteiger partial charge < -0.3 is 4.90 Å². The summed E-state index contributed by atoms with van der Waals surface area (Å²) in [5, 5.41) is 0. The average Bonchev–Trinajstić information content (AvgIpc) is 2.87. The maximum Gasteiger partial charge on any atom is 0.272 e. The van der Waals surface area contributed by atoms with E-state index in [4.69, 9.17) is 0 Å². The van der Waals surface area contributed by atoms with Crippen LogP contribution in [0.4, 0.5) is 8.78 Å². The Bertz CT molecular complexity index is 301. The fourth-order valence-corrected chi connectivity index (χ4v) is 3.84. The molecule has 21 heavy (non-hydrogen) atoms. The molecule has 2 saturated heterocycles. The predicted molar refractivity (Wildman–Crippen MR) is 83.9 cm³/mol. The molecule has 0 aromatic carbocycles. The highest BCUT2D eigenvalue weighted by Gasteiger charge is 2.43. The molecule has 0 aromatic rings. The molecule has 1 unspecified atom stereocenters.